The Kier molecular flexibility index (Phi) is 6.13. The fraction of sp³-hybridized carbons (Fsp3) is 0.455. The molecule has 0 radical (unpaired) electrons. The zero-order valence-corrected chi connectivity index (χ0v) is 8.91. The molecule has 1 N–H and O–H groups in total. The first kappa shape index (κ1) is 12.6. The smallest absolute Gasteiger partial charge is 0.155 e. The molecule has 1 rings (SSSR count). The number of hydrogen-bond acceptors (Lipinski definition) is 5. The Hall–Kier alpha value is -1.46. The number of nitrogens with zero attached hydrogens (tertiary/aromatic N) is 1. The number of benzene rings is 1. The van der Waals surface area contributed by atoms with Crippen LogP contribution in [0.4, 0.5) is 0 Å². The van der Waals surface area contributed by atoms with E-state index in [4.69, 9.17) is 4.74 Å². The number of hydrogen-bond donors (Lipinski definition) is 1. The Labute approximate surface area is 93.9 Å². The van der Waals surface area contributed by atoms with Crippen LogP contribution < -0.4 is 0 Å². The molecule has 0 aromatic heterocycles. The Morgan fingerprint density at radius 2 is 2.00 bits per heavy atom. The Morgan fingerprint density at radius 1 is 1.25 bits per heavy atom. The molecule has 0 aliphatic carbocycles. The van der Waals surface area contributed by atoms with Crippen molar-refractivity contribution in [3.63, 3.8) is 0 Å². The summed E-state index contributed by atoms with van der Waals surface area (Å²) in [6.45, 7) is 0.535. The first-order chi connectivity index (χ1) is 7.83. The van der Waals surface area contributed by atoms with Gasteiger partial charge in [0, 0.05) is 0 Å². The number of aliphatic hydroxyl groups excluding tert-OH is 1. The molecule has 88 valence electrons. The van der Waals surface area contributed by atoms with Gasteiger partial charge in [0.25, 0.3) is 0 Å². The number of aliphatic hydroxyl groups is 1. The average Bonchev–Trinajstić information content (AvgIpc) is 2.33. The van der Waals surface area contributed by atoms with Gasteiger partial charge < -0.3 is 14.7 Å². The fourth-order valence-corrected chi connectivity index (χ4v) is 1.22. The van der Waals surface area contributed by atoms with E-state index in [0.717, 1.165) is 6.42 Å². The van der Waals surface area contributed by atoms with Gasteiger partial charge in [0.1, 0.15) is 12.7 Å². The highest BCUT2D eigenvalue weighted by Crippen LogP contribution is 1.99. The SMILES string of the molecule is O=NOCC(O)COCCc1ccccc1. The predicted molar refractivity (Wildman–Crippen MR) is 58.7 cm³/mol. The topological polar surface area (TPSA) is 68.1 Å². The molecule has 0 spiro atoms. The van der Waals surface area contributed by atoms with Crippen molar-refractivity contribution < 1.29 is 14.7 Å². The van der Waals surface area contributed by atoms with E-state index in [-0.39, 0.29) is 13.2 Å². The number of rotatable bonds is 8. The standard InChI is InChI=1S/C11H15NO4/c13-11(9-16-12-14)8-15-7-6-10-4-2-1-3-5-10/h1-5,11,13H,6-9H2. The van der Waals surface area contributed by atoms with Crippen molar-refractivity contribution >= 4 is 0 Å². The van der Waals surface area contributed by atoms with E-state index < -0.39 is 6.10 Å². The Bertz CT molecular complexity index is 291. The van der Waals surface area contributed by atoms with E-state index in [0.29, 0.717) is 6.61 Å². The van der Waals surface area contributed by atoms with E-state index >= 15 is 0 Å². The lowest BCUT2D eigenvalue weighted by molar-refractivity contribution is -0.0180. The molecule has 1 atom stereocenters. The summed E-state index contributed by atoms with van der Waals surface area (Å²) >= 11 is 0. The van der Waals surface area contributed by atoms with Gasteiger partial charge in [-0.2, -0.15) is 0 Å². The van der Waals surface area contributed by atoms with E-state index in [2.05, 4.69) is 10.2 Å². The summed E-state index contributed by atoms with van der Waals surface area (Å²) in [6, 6.07) is 9.91. The second-order valence-corrected chi connectivity index (χ2v) is 3.33. The molecule has 1 aromatic rings. The van der Waals surface area contributed by atoms with Crippen LogP contribution in [0.15, 0.2) is 35.7 Å². The number of ether oxygens (including phenoxy) is 1. The molecule has 5 nitrogen and oxygen atoms in total. The average molecular weight is 225 g/mol. The first-order valence-corrected chi connectivity index (χ1v) is 5.07. The second kappa shape index (κ2) is 7.78. The van der Waals surface area contributed by atoms with E-state index in [1.54, 1.807) is 0 Å². The lowest BCUT2D eigenvalue weighted by Gasteiger charge is -2.08. The highest BCUT2D eigenvalue weighted by atomic mass is 16.7. The molecule has 0 saturated carbocycles. The van der Waals surface area contributed by atoms with Crippen LogP contribution in [0.3, 0.4) is 0 Å². The maximum Gasteiger partial charge on any atom is 0.155 e. The van der Waals surface area contributed by atoms with E-state index in [9.17, 15) is 10.0 Å². The second-order valence-electron chi connectivity index (χ2n) is 3.33. The lowest BCUT2D eigenvalue weighted by atomic mass is 10.2. The minimum Gasteiger partial charge on any atom is -0.387 e. The van der Waals surface area contributed by atoms with Crippen LogP contribution in [0.5, 0.6) is 0 Å². The van der Waals surface area contributed by atoms with Crippen molar-refractivity contribution in [3.8, 4) is 0 Å². The van der Waals surface area contributed by atoms with Gasteiger partial charge in [0.05, 0.1) is 13.2 Å². The molecule has 0 aliphatic rings. The van der Waals surface area contributed by atoms with Gasteiger partial charge in [-0.05, 0) is 12.0 Å². The molecule has 5 heteroatoms. The van der Waals surface area contributed by atoms with Gasteiger partial charge >= 0.3 is 0 Å². The molecule has 16 heavy (non-hydrogen) atoms. The Morgan fingerprint density at radius 3 is 2.69 bits per heavy atom. The first-order valence-electron chi connectivity index (χ1n) is 5.07. The van der Waals surface area contributed by atoms with E-state index in [1.165, 1.54) is 5.56 Å². The minimum atomic E-state index is -0.812. The van der Waals surface area contributed by atoms with Gasteiger partial charge in [0.15, 0.2) is 5.34 Å². The van der Waals surface area contributed by atoms with Crippen LogP contribution in [-0.4, -0.2) is 31.0 Å². The molecular weight excluding hydrogens is 210 g/mol. The highest BCUT2D eigenvalue weighted by molar-refractivity contribution is 5.14. The quantitative estimate of drug-likeness (QED) is 0.411. The molecule has 0 bridgehead atoms. The molecule has 0 heterocycles. The van der Waals surface area contributed by atoms with Crippen LogP contribution in [-0.2, 0) is 16.0 Å². The van der Waals surface area contributed by atoms with Crippen molar-refractivity contribution in [2.75, 3.05) is 19.8 Å². The molecule has 0 amide bonds. The molecule has 0 aliphatic heterocycles. The summed E-state index contributed by atoms with van der Waals surface area (Å²) in [7, 11) is 0. The lowest BCUT2D eigenvalue weighted by Crippen LogP contribution is -2.21. The Balaban J connectivity index is 2.05. The largest absolute Gasteiger partial charge is 0.387 e. The van der Waals surface area contributed by atoms with Crippen LogP contribution in [0.25, 0.3) is 0 Å². The maximum atomic E-state index is 9.60. The van der Waals surface area contributed by atoms with Crippen LogP contribution >= 0.6 is 0 Å². The highest BCUT2D eigenvalue weighted by Gasteiger charge is 2.04. The predicted octanol–water partition coefficient (Wildman–Crippen LogP) is 1.30. The van der Waals surface area contributed by atoms with E-state index in [1.807, 2.05) is 30.3 Å². The zero-order chi connectivity index (χ0) is 11.6. The van der Waals surface area contributed by atoms with Crippen molar-refractivity contribution in [1.29, 1.82) is 0 Å². The summed E-state index contributed by atoms with van der Waals surface area (Å²) in [5, 5.41) is 11.4. The van der Waals surface area contributed by atoms with Gasteiger partial charge in [-0.25, -0.2) is 0 Å². The van der Waals surface area contributed by atoms with Crippen molar-refractivity contribution in [1.82, 2.24) is 0 Å². The molecule has 0 fully saturated rings. The summed E-state index contributed by atoms with van der Waals surface area (Å²) in [4.78, 5) is 13.8. The van der Waals surface area contributed by atoms with Crippen molar-refractivity contribution in [2.24, 2.45) is 5.34 Å². The van der Waals surface area contributed by atoms with Crippen molar-refractivity contribution in [3.05, 3.63) is 40.8 Å². The normalized spacial score (nSPS) is 12.1. The van der Waals surface area contributed by atoms with Gasteiger partial charge in [-0.1, -0.05) is 30.3 Å². The summed E-state index contributed by atoms with van der Waals surface area (Å²) in [5.41, 5.74) is 1.18. The molecular formula is C11H15NO4. The van der Waals surface area contributed by atoms with Gasteiger partial charge in [-0.15, -0.1) is 4.91 Å². The van der Waals surface area contributed by atoms with Gasteiger partial charge in [-0.3, -0.25) is 0 Å². The van der Waals surface area contributed by atoms with Crippen molar-refractivity contribution in [2.45, 2.75) is 12.5 Å². The maximum absolute atomic E-state index is 9.60. The summed E-state index contributed by atoms with van der Waals surface area (Å²) in [5.74, 6) is 0. The molecule has 1 aromatic carbocycles. The fourth-order valence-electron chi connectivity index (χ4n) is 1.22. The monoisotopic (exact) mass is 225 g/mol. The third-order valence-electron chi connectivity index (χ3n) is 2.01. The summed E-state index contributed by atoms with van der Waals surface area (Å²) < 4.78 is 5.22. The molecule has 1 unspecified atom stereocenters. The molecule has 0 saturated heterocycles. The summed E-state index contributed by atoms with van der Waals surface area (Å²) in [6.07, 6.45) is -0.0196. The van der Waals surface area contributed by atoms with Crippen LogP contribution in [0, 0.1) is 4.91 Å². The third kappa shape index (κ3) is 5.43. The van der Waals surface area contributed by atoms with Crippen LogP contribution in [0.1, 0.15) is 5.56 Å². The van der Waals surface area contributed by atoms with Gasteiger partial charge in [0.2, 0.25) is 0 Å². The minimum absolute atomic E-state index is 0.130. The zero-order valence-electron chi connectivity index (χ0n) is 8.91. The van der Waals surface area contributed by atoms with Crippen LogP contribution in [0.2, 0.25) is 0 Å². The third-order valence-corrected chi connectivity index (χ3v) is 2.01.